The van der Waals surface area contributed by atoms with E-state index < -0.39 is 17.6 Å². The Kier molecular flexibility index (Phi) is 5.84. The summed E-state index contributed by atoms with van der Waals surface area (Å²) < 4.78 is 5.10. The second-order valence-electron chi connectivity index (χ2n) is 5.41. The van der Waals surface area contributed by atoms with Crippen LogP contribution in [-0.2, 0) is 4.74 Å². The van der Waals surface area contributed by atoms with Gasteiger partial charge in [0.25, 0.3) is 0 Å². The normalized spacial score (nSPS) is 10.9. The largest absolute Gasteiger partial charge is 0.444 e. The van der Waals surface area contributed by atoms with Gasteiger partial charge in [-0.25, -0.2) is 4.79 Å². The van der Waals surface area contributed by atoms with Crippen LogP contribution >= 0.6 is 11.6 Å². The van der Waals surface area contributed by atoms with Crippen LogP contribution in [0.25, 0.3) is 0 Å². The lowest BCUT2D eigenvalue weighted by Crippen LogP contribution is -2.35. The van der Waals surface area contributed by atoms with Crippen molar-refractivity contribution in [1.29, 1.82) is 0 Å². The average molecular weight is 314 g/mol. The van der Waals surface area contributed by atoms with E-state index in [4.69, 9.17) is 22.1 Å². The minimum Gasteiger partial charge on any atom is -0.444 e. The number of ether oxygens (including phenoxy) is 1. The van der Waals surface area contributed by atoms with Gasteiger partial charge < -0.3 is 21.1 Å². The van der Waals surface area contributed by atoms with Crippen molar-refractivity contribution in [2.45, 2.75) is 26.4 Å². The van der Waals surface area contributed by atoms with Crippen LogP contribution in [0.15, 0.2) is 18.2 Å². The molecule has 0 aliphatic rings. The molecule has 0 unspecified atom stereocenters. The van der Waals surface area contributed by atoms with Crippen molar-refractivity contribution >= 4 is 29.3 Å². The van der Waals surface area contributed by atoms with Gasteiger partial charge in [-0.2, -0.15) is 0 Å². The van der Waals surface area contributed by atoms with Crippen LogP contribution in [0.3, 0.4) is 0 Å². The zero-order valence-electron chi connectivity index (χ0n) is 12.3. The number of halogens is 1. The molecular weight excluding hydrogens is 294 g/mol. The SMILES string of the molecule is CC(C)(C)OC(=O)NCCNc1cc(C(N)=O)ccc1Cl. The lowest BCUT2D eigenvalue weighted by molar-refractivity contribution is 0.0530. The Morgan fingerprint density at radius 3 is 2.52 bits per heavy atom. The number of amides is 2. The Bertz CT molecular complexity index is 527. The van der Waals surface area contributed by atoms with Crippen LogP contribution in [0.2, 0.25) is 5.02 Å². The number of hydrogen-bond donors (Lipinski definition) is 3. The van der Waals surface area contributed by atoms with Gasteiger partial charge in [-0.1, -0.05) is 11.6 Å². The Labute approximate surface area is 129 Å². The molecule has 116 valence electrons. The van der Waals surface area contributed by atoms with E-state index in [1.165, 1.54) is 0 Å². The zero-order chi connectivity index (χ0) is 16.0. The number of anilines is 1. The van der Waals surface area contributed by atoms with Crippen molar-refractivity contribution in [2.75, 3.05) is 18.4 Å². The molecule has 1 rings (SSSR count). The van der Waals surface area contributed by atoms with Gasteiger partial charge in [-0.15, -0.1) is 0 Å². The first-order valence-corrected chi connectivity index (χ1v) is 6.87. The van der Waals surface area contributed by atoms with Gasteiger partial charge in [0.15, 0.2) is 0 Å². The first kappa shape index (κ1) is 17.1. The molecule has 0 heterocycles. The first-order valence-electron chi connectivity index (χ1n) is 6.49. The molecule has 0 atom stereocenters. The fraction of sp³-hybridized carbons (Fsp3) is 0.429. The summed E-state index contributed by atoms with van der Waals surface area (Å²) in [5.41, 5.74) is 5.62. The number of carbonyl (C=O) groups excluding carboxylic acids is 2. The number of primary amides is 1. The molecule has 0 radical (unpaired) electrons. The number of alkyl carbamates (subject to hydrolysis) is 1. The molecule has 0 saturated carbocycles. The molecule has 0 aliphatic carbocycles. The maximum Gasteiger partial charge on any atom is 0.407 e. The van der Waals surface area contributed by atoms with Crippen molar-refractivity contribution < 1.29 is 14.3 Å². The van der Waals surface area contributed by atoms with Crippen molar-refractivity contribution in [1.82, 2.24) is 5.32 Å². The molecule has 21 heavy (non-hydrogen) atoms. The third-order valence-corrected chi connectivity index (χ3v) is 2.69. The van der Waals surface area contributed by atoms with Gasteiger partial charge >= 0.3 is 6.09 Å². The highest BCUT2D eigenvalue weighted by molar-refractivity contribution is 6.33. The summed E-state index contributed by atoms with van der Waals surface area (Å²) in [6.07, 6.45) is -0.485. The summed E-state index contributed by atoms with van der Waals surface area (Å²) in [5, 5.41) is 6.09. The molecule has 0 spiro atoms. The third-order valence-electron chi connectivity index (χ3n) is 2.36. The number of nitrogens with two attached hydrogens (primary N) is 1. The van der Waals surface area contributed by atoms with Crippen molar-refractivity contribution in [3.8, 4) is 0 Å². The van der Waals surface area contributed by atoms with Gasteiger partial charge in [0.05, 0.1) is 10.7 Å². The quantitative estimate of drug-likeness (QED) is 0.727. The molecule has 0 saturated heterocycles. The Balaban J connectivity index is 2.44. The van der Waals surface area contributed by atoms with Crippen molar-refractivity contribution in [3.63, 3.8) is 0 Å². The lowest BCUT2D eigenvalue weighted by atomic mass is 10.2. The molecule has 1 aromatic carbocycles. The summed E-state index contributed by atoms with van der Waals surface area (Å²) in [7, 11) is 0. The fourth-order valence-corrected chi connectivity index (χ4v) is 1.67. The molecule has 0 aliphatic heterocycles. The molecule has 7 heteroatoms. The summed E-state index contributed by atoms with van der Waals surface area (Å²) in [5.74, 6) is -0.526. The minimum atomic E-state index is -0.531. The first-order chi connectivity index (χ1) is 9.69. The molecule has 1 aromatic rings. The fourth-order valence-electron chi connectivity index (χ4n) is 1.49. The second kappa shape index (κ2) is 7.17. The van der Waals surface area contributed by atoms with Gasteiger partial charge in [0.1, 0.15) is 5.60 Å². The highest BCUT2D eigenvalue weighted by Crippen LogP contribution is 2.22. The van der Waals surface area contributed by atoms with E-state index >= 15 is 0 Å². The Morgan fingerprint density at radius 1 is 1.29 bits per heavy atom. The summed E-state index contributed by atoms with van der Waals surface area (Å²) in [6.45, 7) is 6.16. The average Bonchev–Trinajstić information content (AvgIpc) is 2.34. The number of benzene rings is 1. The van der Waals surface area contributed by atoms with E-state index in [9.17, 15) is 9.59 Å². The van der Waals surface area contributed by atoms with Gasteiger partial charge in [0.2, 0.25) is 5.91 Å². The maximum atomic E-state index is 11.4. The van der Waals surface area contributed by atoms with Gasteiger partial charge in [0, 0.05) is 18.7 Å². The smallest absolute Gasteiger partial charge is 0.407 e. The second-order valence-corrected chi connectivity index (χ2v) is 5.82. The van der Waals surface area contributed by atoms with Crippen LogP contribution in [0, 0.1) is 0 Å². The summed E-state index contributed by atoms with van der Waals surface area (Å²) >= 11 is 6.00. The Hall–Kier alpha value is -1.95. The lowest BCUT2D eigenvalue weighted by Gasteiger charge is -2.19. The number of rotatable bonds is 5. The molecule has 4 N–H and O–H groups in total. The monoisotopic (exact) mass is 313 g/mol. The van der Waals surface area contributed by atoms with E-state index in [-0.39, 0.29) is 0 Å². The maximum absolute atomic E-state index is 11.4. The standard InChI is InChI=1S/C14H20ClN3O3/c1-14(2,3)21-13(20)18-7-6-17-11-8-9(12(16)19)4-5-10(11)15/h4-5,8,17H,6-7H2,1-3H3,(H2,16,19)(H,18,20). The predicted octanol–water partition coefficient (Wildman–Crippen LogP) is 2.38. The molecule has 6 nitrogen and oxygen atoms in total. The molecule has 0 aromatic heterocycles. The number of hydrogen-bond acceptors (Lipinski definition) is 4. The van der Waals surface area contributed by atoms with E-state index in [1.807, 2.05) is 0 Å². The van der Waals surface area contributed by atoms with Gasteiger partial charge in [-0.05, 0) is 39.0 Å². The van der Waals surface area contributed by atoms with Crippen LogP contribution < -0.4 is 16.4 Å². The van der Waals surface area contributed by atoms with E-state index in [2.05, 4.69) is 10.6 Å². The molecule has 0 bridgehead atoms. The molecule has 2 amide bonds. The molecule has 0 fully saturated rings. The topological polar surface area (TPSA) is 93.4 Å². The van der Waals surface area contributed by atoms with Gasteiger partial charge in [-0.3, -0.25) is 4.79 Å². The van der Waals surface area contributed by atoms with Crippen molar-refractivity contribution in [3.05, 3.63) is 28.8 Å². The Morgan fingerprint density at radius 2 is 1.95 bits per heavy atom. The summed E-state index contributed by atoms with van der Waals surface area (Å²) in [6, 6.07) is 4.71. The highest BCUT2D eigenvalue weighted by Gasteiger charge is 2.15. The third kappa shape index (κ3) is 6.35. The van der Waals surface area contributed by atoms with Crippen LogP contribution in [0.5, 0.6) is 0 Å². The van der Waals surface area contributed by atoms with E-state index in [0.717, 1.165) is 0 Å². The molecular formula is C14H20ClN3O3. The van der Waals surface area contributed by atoms with E-state index in [1.54, 1.807) is 39.0 Å². The zero-order valence-corrected chi connectivity index (χ0v) is 13.1. The van der Waals surface area contributed by atoms with E-state index in [0.29, 0.717) is 29.4 Å². The number of nitrogens with one attached hydrogen (secondary N) is 2. The van der Waals surface area contributed by atoms with Crippen LogP contribution in [0.4, 0.5) is 10.5 Å². The van der Waals surface area contributed by atoms with Crippen molar-refractivity contribution in [2.24, 2.45) is 5.73 Å². The predicted molar refractivity (Wildman–Crippen MR) is 82.7 cm³/mol. The van der Waals surface area contributed by atoms with Crippen LogP contribution in [-0.4, -0.2) is 30.7 Å². The number of carbonyl (C=O) groups is 2. The highest BCUT2D eigenvalue weighted by atomic mass is 35.5. The van der Waals surface area contributed by atoms with Crippen LogP contribution in [0.1, 0.15) is 31.1 Å². The summed E-state index contributed by atoms with van der Waals surface area (Å²) in [4.78, 5) is 22.5. The minimum absolute atomic E-state index is 0.353.